The van der Waals surface area contributed by atoms with Gasteiger partial charge in [-0.15, -0.1) is 0 Å². The fraction of sp³-hybridized carbons (Fsp3) is 0.0526. The van der Waals surface area contributed by atoms with Gasteiger partial charge in [0.25, 0.3) is 11.1 Å². The van der Waals surface area contributed by atoms with Crippen LogP contribution >= 0.6 is 0 Å². The monoisotopic (exact) mass is 346 g/mol. The maximum atomic E-state index is 14.3. The molecule has 3 heterocycles. The summed E-state index contributed by atoms with van der Waals surface area (Å²) in [5, 5.41) is 9.34. The molecule has 4 rings (SSSR count). The third-order valence-corrected chi connectivity index (χ3v) is 4.13. The summed E-state index contributed by atoms with van der Waals surface area (Å²) in [6.45, 7) is 1.83. The first-order chi connectivity index (χ1) is 12.5. The van der Waals surface area contributed by atoms with Crippen LogP contribution in [-0.4, -0.2) is 14.0 Å². The van der Waals surface area contributed by atoms with Gasteiger partial charge in [0, 0.05) is 6.20 Å². The standard InChI is InChI=1S/C19H11FN4O2/c1-11-6-7-16-22-17-13(19(26)23(16)10-11)8-12(9-21)18(25)24(17)15-5-3-2-4-14(15)20/h2-8,10H,1H3. The number of nitriles is 1. The van der Waals surface area contributed by atoms with Crippen LogP contribution in [0.3, 0.4) is 0 Å². The van der Waals surface area contributed by atoms with E-state index in [9.17, 15) is 19.2 Å². The number of fused-ring (bicyclic) bond motifs is 2. The van der Waals surface area contributed by atoms with E-state index in [-0.39, 0.29) is 22.3 Å². The van der Waals surface area contributed by atoms with Crippen LogP contribution in [0.5, 0.6) is 0 Å². The number of rotatable bonds is 1. The SMILES string of the molecule is Cc1ccc2nc3c(cc(C#N)c(=O)n3-c3ccccc3F)c(=O)n2c1. The van der Waals surface area contributed by atoms with Crippen molar-refractivity contribution >= 4 is 16.7 Å². The minimum Gasteiger partial charge on any atom is -0.268 e. The molecule has 0 spiro atoms. The fourth-order valence-corrected chi connectivity index (χ4v) is 2.90. The third kappa shape index (κ3) is 2.20. The first-order valence-electron chi connectivity index (χ1n) is 7.75. The van der Waals surface area contributed by atoms with Gasteiger partial charge < -0.3 is 0 Å². The van der Waals surface area contributed by atoms with E-state index in [1.165, 1.54) is 28.7 Å². The molecule has 4 aromatic rings. The Labute approximate surface area is 146 Å². The number of benzene rings is 1. The molecule has 0 radical (unpaired) electrons. The summed E-state index contributed by atoms with van der Waals surface area (Å²) in [7, 11) is 0. The second-order valence-electron chi connectivity index (χ2n) is 5.85. The molecule has 0 atom stereocenters. The van der Waals surface area contributed by atoms with Crippen LogP contribution < -0.4 is 11.1 Å². The van der Waals surface area contributed by atoms with Gasteiger partial charge in [0.15, 0.2) is 5.65 Å². The van der Waals surface area contributed by atoms with Crippen molar-refractivity contribution in [2.75, 3.05) is 0 Å². The number of aryl methyl sites for hydroxylation is 1. The second-order valence-corrected chi connectivity index (χ2v) is 5.85. The van der Waals surface area contributed by atoms with Gasteiger partial charge >= 0.3 is 0 Å². The molecular formula is C19H11FN4O2. The number of halogens is 1. The Hall–Kier alpha value is -3.79. The Morgan fingerprint density at radius 2 is 1.88 bits per heavy atom. The fourth-order valence-electron chi connectivity index (χ4n) is 2.90. The summed E-state index contributed by atoms with van der Waals surface area (Å²) in [5.41, 5.74) is -0.307. The molecule has 6 nitrogen and oxygen atoms in total. The Kier molecular flexibility index (Phi) is 3.41. The van der Waals surface area contributed by atoms with Gasteiger partial charge in [-0.3, -0.25) is 18.6 Å². The van der Waals surface area contributed by atoms with E-state index in [1.54, 1.807) is 30.5 Å². The average molecular weight is 346 g/mol. The molecule has 1 aromatic carbocycles. The molecule has 3 aromatic heterocycles. The summed E-state index contributed by atoms with van der Waals surface area (Å²) in [6.07, 6.45) is 1.62. The van der Waals surface area contributed by atoms with Gasteiger partial charge in [-0.2, -0.15) is 5.26 Å². The van der Waals surface area contributed by atoms with Crippen LogP contribution in [0.1, 0.15) is 11.1 Å². The molecule has 0 aliphatic rings. The Morgan fingerprint density at radius 3 is 2.62 bits per heavy atom. The van der Waals surface area contributed by atoms with Crippen molar-refractivity contribution in [3.63, 3.8) is 0 Å². The zero-order chi connectivity index (χ0) is 18.4. The van der Waals surface area contributed by atoms with E-state index in [0.717, 1.165) is 10.1 Å². The third-order valence-electron chi connectivity index (χ3n) is 4.13. The summed E-state index contributed by atoms with van der Waals surface area (Å²) in [6, 6.07) is 12.0. The highest BCUT2D eigenvalue weighted by Crippen LogP contribution is 2.17. The quantitative estimate of drug-likeness (QED) is 0.495. The van der Waals surface area contributed by atoms with E-state index in [1.807, 2.05) is 6.92 Å². The van der Waals surface area contributed by atoms with E-state index in [0.29, 0.717) is 5.65 Å². The van der Waals surface area contributed by atoms with Crippen molar-refractivity contribution in [1.82, 2.24) is 14.0 Å². The Balaban J connectivity index is 2.30. The molecule has 0 aliphatic carbocycles. The molecule has 7 heteroatoms. The van der Waals surface area contributed by atoms with E-state index >= 15 is 0 Å². The van der Waals surface area contributed by atoms with E-state index < -0.39 is 16.9 Å². The van der Waals surface area contributed by atoms with Crippen LogP contribution in [0.15, 0.2) is 58.3 Å². The lowest BCUT2D eigenvalue weighted by atomic mass is 10.2. The molecule has 0 saturated carbocycles. The van der Waals surface area contributed by atoms with Gasteiger partial charge in [0.2, 0.25) is 0 Å². The Morgan fingerprint density at radius 1 is 1.12 bits per heavy atom. The number of aromatic nitrogens is 3. The smallest absolute Gasteiger partial charge is 0.268 e. The lowest BCUT2D eigenvalue weighted by molar-refractivity contribution is 0.617. The molecule has 0 unspecified atom stereocenters. The number of nitrogens with zero attached hydrogens (tertiary/aromatic N) is 4. The molecule has 26 heavy (non-hydrogen) atoms. The van der Waals surface area contributed by atoms with Gasteiger partial charge in [0.05, 0.1) is 11.1 Å². The normalized spacial score (nSPS) is 11.0. The zero-order valence-corrected chi connectivity index (χ0v) is 13.6. The largest absolute Gasteiger partial charge is 0.274 e. The van der Waals surface area contributed by atoms with Gasteiger partial charge in [-0.05, 0) is 36.8 Å². The highest BCUT2D eigenvalue weighted by molar-refractivity contribution is 5.79. The van der Waals surface area contributed by atoms with E-state index in [4.69, 9.17) is 0 Å². The first kappa shape index (κ1) is 15.7. The van der Waals surface area contributed by atoms with Crippen LogP contribution in [0.4, 0.5) is 4.39 Å². The predicted molar refractivity (Wildman–Crippen MR) is 94.0 cm³/mol. The Bertz CT molecular complexity index is 1360. The van der Waals surface area contributed by atoms with Gasteiger partial charge in [0.1, 0.15) is 23.1 Å². The summed E-state index contributed by atoms with van der Waals surface area (Å²) in [5.74, 6) is -0.656. The van der Waals surface area contributed by atoms with Crippen molar-refractivity contribution < 1.29 is 4.39 Å². The molecule has 0 fully saturated rings. The maximum absolute atomic E-state index is 14.3. The average Bonchev–Trinajstić information content (AvgIpc) is 2.63. The maximum Gasteiger partial charge on any atom is 0.274 e. The topological polar surface area (TPSA) is 80.2 Å². The number of hydrogen-bond acceptors (Lipinski definition) is 4. The zero-order valence-electron chi connectivity index (χ0n) is 13.6. The molecule has 126 valence electrons. The van der Waals surface area contributed by atoms with Gasteiger partial charge in [-0.25, -0.2) is 9.37 Å². The van der Waals surface area contributed by atoms with Crippen molar-refractivity contribution in [2.24, 2.45) is 0 Å². The highest BCUT2D eigenvalue weighted by atomic mass is 19.1. The van der Waals surface area contributed by atoms with Crippen molar-refractivity contribution in [3.05, 3.63) is 86.3 Å². The molecular weight excluding hydrogens is 335 g/mol. The summed E-state index contributed by atoms with van der Waals surface area (Å²) < 4.78 is 16.7. The minimum absolute atomic E-state index is 0.00736. The van der Waals surface area contributed by atoms with Gasteiger partial charge in [-0.1, -0.05) is 18.2 Å². The molecule has 0 N–H and O–H groups in total. The van der Waals surface area contributed by atoms with Crippen molar-refractivity contribution in [2.45, 2.75) is 6.92 Å². The molecule has 0 aliphatic heterocycles. The van der Waals surface area contributed by atoms with Crippen molar-refractivity contribution in [3.8, 4) is 11.8 Å². The lowest BCUT2D eigenvalue weighted by Gasteiger charge is -2.12. The minimum atomic E-state index is -0.728. The van der Waals surface area contributed by atoms with Crippen LogP contribution in [-0.2, 0) is 0 Å². The summed E-state index contributed by atoms with van der Waals surface area (Å²) >= 11 is 0. The molecule has 0 saturated heterocycles. The number of hydrogen-bond donors (Lipinski definition) is 0. The van der Waals surface area contributed by atoms with E-state index in [2.05, 4.69) is 4.98 Å². The van der Waals surface area contributed by atoms with Crippen LogP contribution in [0.2, 0.25) is 0 Å². The van der Waals surface area contributed by atoms with Crippen LogP contribution in [0.25, 0.3) is 22.4 Å². The molecule has 0 amide bonds. The summed E-state index contributed by atoms with van der Waals surface area (Å²) in [4.78, 5) is 30.0. The number of pyridine rings is 2. The second kappa shape index (κ2) is 5.63. The van der Waals surface area contributed by atoms with Crippen LogP contribution in [0, 0.1) is 24.1 Å². The predicted octanol–water partition coefficient (Wildman–Crippen LogP) is 2.32. The molecule has 0 bridgehead atoms. The highest BCUT2D eigenvalue weighted by Gasteiger charge is 2.18. The first-order valence-corrected chi connectivity index (χ1v) is 7.75. The van der Waals surface area contributed by atoms with Crippen molar-refractivity contribution in [1.29, 1.82) is 5.26 Å². The lowest BCUT2D eigenvalue weighted by Crippen LogP contribution is -2.27. The number of para-hydroxylation sites is 1.